The largest absolute Gasteiger partial charge is 0.469 e. The molecule has 5 heteroatoms. The number of sulfone groups is 1. The molecule has 1 atom stereocenters. The average Bonchev–Trinajstić information content (AvgIpc) is 2.99. The van der Waals surface area contributed by atoms with Crippen molar-refractivity contribution in [2.75, 3.05) is 11.1 Å². The smallest absolute Gasteiger partial charge is 0.178 e. The van der Waals surface area contributed by atoms with Crippen LogP contribution in [-0.4, -0.2) is 20.2 Å². The van der Waals surface area contributed by atoms with Crippen LogP contribution in [0.1, 0.15) is 26.0 Å². The van der Waals surface area contributed by atoms with Gasteiger partial charge in [0, 0.05) is 18.2 Å². The molecule has 1 N–H and O–H groups in total. The van der Waals surface area contributed by atoms with Crippen LogP contribution in [-0.2, 0) is 16.3 Å². The van der Waals surface area contributed by atoms with Crippen molar-refractivity contribution in [2.24, 2.45) is 0 Å². The molecule has 0 aliphatic rings. The number of furan rings is 1. The normalized spacial score (nSPS) is 13.0. The van der Waals surface area contributed by atoms with E-state index in [0.717, 1.165) is 24.3 Å². The number of aryl methyl sites for hydroxylation is 1. The molecule has 21 heavy (non-hydrogen) atoms. The summed E-state index contributed by atoms with van der Waals surface area (Å²) < 4.78 is 28.8. The third-order valence-corrected chi connectivity index (χ3v) is 5.16. The van der Waals surface area contributed by atoms with Gasteiger partial charge in [-0.05, 0) is 49.7 Å². The molecule has 0 aliphatic heterocycles. The molecule has 0 saturated carbocycles. The highest BCUT2D eigenvalue weighted by Gasteiger charge is 2.11. The van der Waals surface area contributed by atoms with E-state index < -0.39 is 9.84 Å². The molecule has 1 aromatic heterocycles. The van der Waals surface area contributed by atoms with Crippen molar-refractivity contribution in [2.45, 2.75) is 37.6 Å². The monoisotopic (exact) mass is 307 g/mol. The number of hydrogen-bond donors (Lipinski definition) is 1. The van der Waals surface area contributed by atoms with E-state index in [1.54, 1.807) is 25.3 Å². The zero-order valence-electron chi connectivity index (χ0n) is 12.4. The lowest BCUT2D eigenvalue weighted by Gasteiger charge is -2.15. The number of rotatable bonds is 7. The van der Waals surface area contributed by atoms with Crippen molar-refractivity contribution in [3.8, 4) is 0 Å². The van der Waals surface area contributed by atoms with Crippen molar-refractivity contribution in [3.63, 3.8) is 0 Å². The van der Waals surface area contributed by atoms with E-state index >= 15 is 0 Å². The summed E-state index contributed by atoms with van der Waals surface area (Å²) in [5.41, 5.74) is 0.928. The second-order valence-electron chi connectivity index (χ2n) is 5.09. The fourth-order valence-electron chi connectivity index (χ4n) is 2.10. The Labute approximate surface area is 126 Å². The number of hydrogen-bond acceptors (Lipinski definition) is 4. The third-order valence-electron chi connectivity index (χ3n) is 3.41. The van der Waals surface area contributed by atoms with E-state index in [-0.39, 0.29) is 11.8 Å². The Balaban J connectivity index is 1.91. The molecule has 1 unspecified atom stereocenters. The Morgan fingerprint density at radius 2 is 1.90 bits per heavy atom. The van der Waals surface area contributed by atoms with E-state index in [0.29, 0.717) is 4.90 Å². The van der Waals surface area contributed by atoms with Crippen molar-refractivity contribution in [1.82, 2.24) is 0 Å². The van der Waals surface area contributed by atoms with Crippen LogP contribution in [0.3, 0.4) is 0 Å². The molecule has 0 spiro atoms. The summed E-state index contributed by atoms with van der Waals surface area (Å²) in [5.74, 6) is 1.10. The maximum absolute atomic E-state index is 11.7. The quantitative estimate of drug-likeness (QED) is 0.850. The summed E-state index contributed by atoms with van der Waals surface area (Å²) in [5, 5.41) is 3.36. The van der Waals surface area contributed by atoms with Crippen LogP contribution in [0.2, 0.25) is 0 Å². The van der Waals surface area contributed by atoms with Gasteiger partial charge in [0.15, 0.2) is 9.84 Å². The molecule has 114 valence electrons. The lowest BCUT2D eigenvalue weighted by molar-refractivity contribution is 0.495. The standard InChI is InChI=1S/C16H21NO3S/c1-3-21(18,19)16-10-7-14(8-11-16)17-13(2)6-9-15-5-4-12-20-15/h4-5,7-8,10-13,17H,3,6,9H2,1-2H3. The van der Waals surface area contributed by atoms with Crippen molar-refractivity contribution in [3.05, 3.63) is 48.4 Å². The first-order chi connectivity index (χ1) is 10.0. The molecular weight excluding hydrogens is 286 g/mol. The molecule has 0 bridgehead atoms. The molecule has 4 nitrogen and oxygen atoms in total. The molecule has 1 heterocycles. The van der Waals surface area contributed by atoms with Gasteiger partial charge in [-0.25, -0.2) is 8.42 Å². The van der Waals surface area contributed by atoms with Crippen LogP contribution in [0, 0.1) is 0 Å². The highest BCUT2D eigenvalue weighted by Crippen LogP contribution is 2.17. The summed E-state index contributed by atoms with van der Waals surface area (Å²) >= 11 is 0. The fraction of sp³-hybridized carbons (Fsp3) is 0.375. The van der Waals surface area contributed by atoms with Crippen LogP contribution in [0.4, 0.5) is 5.69 Å². The van der Waals surface area contributed by atoms with Crippen molar-refractivity contribution >= 4 is 15.5 Å². The summed E-state index contributed by atoms with van der Waals surface area (Å²) in [4.78, 5) is 0.374. The SMILES string of the molecule is CCS(=O)(=O)c1ccc(NC(C)CCc2ccco2)cc1. The predicted molar refractivity (Wildman–Crippen MR) is 84.3 cm³/mol. The molecule has 1 aromatic carbocycles. The van der Waals surface area contributed by atoms with Gasteiger partial charge in [-0.1, -0.05) is 6.92 Å². The lowest BCUT2D eigenvalue weighted by Crippen LogP contribution is -2.16. The van der Waals surface area contributed by atoms with E-state index in [1.165, 1.54) is 0 Å². The molecule has 0 fully saturated rings. The van der Waals surface area contributed by atoms with E-state index in [2.05, 4.69) is 12.2 Å². The van der Waals surface area contributed by atoms with Gasteiger partial charge in [0.2, 0.25) is 0 Å². The van der Waals surface area contributed by atoms with Gasteiger partial charge in [0.05, 0.1) is 16.9 Å². The minimum atomic E-state index is -3.12. The molecule has 0 aliphatic carbocycles. The Kier molecular flexibility index (Phi) is 5.07. The summed E-state index contributed by atoms with van der Waals surface area (Å²) in [6, 6.07) is 11.1. The van der Waals surface area contributed by atoms with Crippen molar-refractivity contribution < 1.29 is 12.8 Å². The van der Waals surface area contributed by atoms with Gasteiger partial charge in [0.25, 0.3) is 0 Å². The number of nitrogens with one attached hydrogen (secondary N) is 1. The molecule has 2 aromatic rings. The number of benzene rings is 1. The van der Waals surface area contributed by atoms with Crippen molar-refractivity contribution in [1.29, 1.82) is 0 Å². The minimum absolute atomic E-state index is 0.124. The first kappa shape index (κ1) is 15.6. The van der Waals surface area contributed by atoms with Gasteiger partial charge in [-0.3, -0.25) is 0 Å². The first-order valence-electron chi connectivity index (χ1n) is 7.13. The second-order valence-corrected chi connectivity index (χ2v) is 7.37. The molecular formula is C16H21NO3S. The van der Waals surface area contributed by atoms with E-state index in [9.17, 15) is 8.42 Å². The topological polar surface area (TPSA) is 59.3 Å². The first-order valence-corrected chi connectivity index (χ1v) is 8.78. The van der Waals surface area contributed by atoms with Crippen LogP contribution in [0.25, 0.3) is 0 Å². The predicted octanol–water partition coefficient (Wildman–Crippen LogP) is 3.51. The maximum Gasteiger partial charge on any atom is 0.178 e. The van der Waals surface area contributed by atoms with Crippen LogP contribution in [0.15, 0.2) is 52.0 Å². The van der Waals surface area contributed by atoms with Gasteiger partial charge in [-0.2, -0.15) is 0 Å². The molecule has 2 rings (SSSR count). The van der Waals surface area contributed by atoms with Crippen LogP contribution >= 0.6 is 0 Å². The van der Waals surface area contributed by atoms with E-state index in [1.807, 2.05) is 24.3 Å². The van der Waals surface area contributed by atoms with Gasteiger partial charge < -0.3 is 9.73 Å². The zero-order valence-corrected chi connectivity index (χ0v) is 13.2. The Morgan fingerprint density at radius 1 is 1.19 bits per heavy atom. The highest BCUT2D eigenvalue weighted by molar-refractivity contribution is 7.91. The summed E-state index contributed by atoms with van der Waals surface area (Å²) in [6.45, 7) is 3.75. The Bertz CT molecular complexity index is 645. The zero-order chi connectivity index (χ0) is 15.3. The second kappa shape index (κ2) is 6.80. The van der Waals surface area contributed by atoms with Gasteiger partial charge >= 0.3 is 0 Å². The molecule has 0 saturated heterocycles. The van der Waals surface area contributed by atoms with Gasteiger partial charge in [-0.15, -0.1) is 0 Å². The number of anilines is 1. The molecule has 0 radical (unpaired) electrons. The molecule has 0 amide bonds. The minimum Gasteiger partial charge on any atom is -0.469 e. The van der Waals surface area contributed by atoms with E-state index in [4.69, 9.17) is 4.42 Å². The summed E-state index contributed by atoms with van der Waals surface area (Å²) in [6.07, 6.45) is 3.51. The lowest BCUT2D eigenvalue weighted by atomic mass is 10.1. The highest BCUT2D eigenvalue weighted by atomic mass is 32.2. The Hall–Kier alpha value is -1.75. The maximum atomic E-state index is 11.7. The summed E-state index contributed by atoms with van der Waals surface area (Å²) in [7, 11) is -3.12. The van der Waals surface area contributed by atoms with Crippen LogP contribution < -0.4 is 5.32 Å². The Morgan fingerprint density at radius 3 is 2.48 bits per heavy atom. The van der Waals surface area contributed by atoms with Gasteiger partial charge in [0.1, 0.15) is 5.76 Å². The average molecular weight is 307 g/mol. The fourth-order valence-corrected chi connectivity index (χ4v) is 2.98. The third kappa shape index (κ3) is 4.36. The van der Waals surface area contributed by atoms with Crippen LogP contribution in [0.5, 0.6) is 0 Å².